The van der Waals surface area contributed by atoms with Gasteiger partial charge < -0.3 is 5.32 Å². The van der Waals surface area contributed by atoms with Gasteiger partial charge in [-0.25, -0.2) is 4.98 Å². The van der Waals surface area contributed by atoms with Crippen LogP contribution in [0.25, 0.3) is 0 Å². The van der Waals surface area contributed by atoms with Crippen molar-refractivity contribution in [3.63, 3.8) is 0 Å². The Hall–Kier alpha value is -1.35. The van der Waals surface area contributed by atoms with E-state index in [1.807, 2.05) is 31.3 Å². The molecule has 0 aliphatic heterocycles. The summed E-state index contributed by atoms with van der Waals surface area (Å²) >= 11 is 3.42. The highest BCUT2D eigenvalue weighted by Crippen LogP contribution is 2.12. The highest BCUT2D eigenvalue weighted by Gasteiger charge is 1.95. The van der Waals surface area contributed by atoms with Gasteiger partial charge >= 0.3 is 0 Å². The van der Waals surface area contributed by atoms with E-state index in [1.54, 1.807) is 0 Å². The summed E-state index contributed by atoms with van der Waals surface area (Å²) in [7, 11) is 0. The van der Waals surface area contributed by atoms with Crippen LogP contribution in [0.5, 0.6) is 0 Å². The third kappa shape index (κ3) is 3.07. The molecule has 2 nitrogen and oxygen atoms in total. The molecule has 0 unspecified atom stereocenters. The van der Waals surface area contributed by atoms with Gasteiger partial charge in [0.2, 0.25) is 0 Å². The Kier molecular flexibility index (Phi) is 3.57. The number of anilines is 1. The average Bonchev–Trinajstić information content (AvgIpc) is 2.30. The minimum absolute atomic E-state index is 0.795. The van der Waals surface area contributed by atoms with Gasteiger partial charge in [0.15, 0.2) is 0 Å². The summed E-state index contributed by atoms with van der Waals surface area (Å²) in [6.07, 6.45) is 1.86. The first-order chi connectivity index (χ1) is 7.74. The summed E-state index contributed by atoms with van der Waals surface area (Å²) in [6, 6.07) is 12.3. The van der Waals surface area contributed by atoms with Gasteiger partial charge in [-0.15, -0.1) is 0 Å². The molecule has 0 amide bonds. The van der Waals surface area contributed by atoms with Crippen LogP contribution in [-0.4, -0.2) is 4.98 Å². The van der Waals surface area contributed by atoms with Crippen molar-refractivity contribution in [1.82, 2.24) is 4.98 Å². The molecule has 2 rings (SSSR count). The number of nitrogens with one attached hydrogen (secondary N) is 1. The molecule has 16 heavy (non-hydrogen) atoms. The highest BCUT2D eigenvalue weighted by molar-refractivity contribution is 9.10. The molecular formula is C13H13BrN2. The van der Waals surface area contributed by atoms with Gasteiger partial charge in [0.25, 0.3) is 0 Å². The number of benzene rings is 1. The maximum Gasteiger partial charge on any atom is 0.126 e. The van der Waals surface area contributed by atoms with E-state index in [9.17, 15) is 0 Å². The third-order valence-electron chi connectivity index (χ3n) is 2.30. The molecule has 0 aliphatic rings. The fourth-order valence-electron chi connectivity index (χ4n) is 1.37. The predicted molar refractivity (Wildman–Crippen MR) is 70.4 cm³/mol. The largest absolute Gasteiger partial charge is 0.366 e. The number of aryl methyl sites for hydroxylation is 1. The monoisotopic (exact) mass is 276 g/mol. The van der Waals surface area contributed by atoms with Crippen molar-refractivity contribution in [2.75, 3.05) is 5.32 Å². The number of halogens is 1. The summed E-state index contributed by atoms with van der Waals surface area (Å²) in [4.78, 5) is 4.29. The van der Waals surface area contributed by atoms with Crippen molar-refractivity contribution >= 4 is 21.7 Å². The third-order valence-corrected chi connectivity index (χ3v) is 2.83. The Morgan fingerprint density at radius 3 is 2.50 bits per heavy atom. The number of nitrogens with zero attached hydrogens (tertiary/aromatic N) is 1. The molecule has 0 aliphatic carbocycles. The Morgan fingerprint density at radius 1 is 1.12 bits per heavy atom. The lowest BCUT2D eigenvalue weighted by Gasteiger charge is -2.05. The van der Waals surface area contributed by atoms with E-state index in [-0.39, 0.29) is 0 Å². The second kappa shape index (κ2) is 5.12. The summed E-state index contributed by atoms with van der Waals surface area (Å²) in [5.41, 5.74) is 2.42. The number of rotatable bonds is 3. The van der Waals surface area contributed by atoms with Crippen molar-refractivity contribution in [3.8, 4) is 0 Å². The van der Waals surface area contributed by atoms with E-state index in [0.29, 0.717) is 0 Å². The second-order valence-electron chi connectivity index (χ2n) is 3.70. The summed E-state index contributed by atoms with van der Waals surface area (Å²) in [5.74, 6) is 0.911. The van der Waals surface area contributed by atoms with Gasteiger partial charge in [0, 0.05) is 17.2 Å². The predicted octanol–water partition coefficient (Wildman–Crippen LogP) is 3.76. The molecule has 82 valence electrons. The van der Waals surface area contributed by atoms with Crippen molar-refractivity contribution in [3.05, 3.63) is 58.2 Å². The quantitative estimate of drug-likeness (QED) is 0.923. The number of hydrogen-bond acceptors (Lipinski definition) is 2. The zero-order valence-corrected chi connectivity index (χ0v) is 10.7. The fourth-order valence-corrected chi connectivity index (χ4v) is 1.63. The van der Waals surface area contributed by atoms with E-state index in [4.69, 9.17) is 0 Å². The van der Waals surface area contributed by atoms with Crippen molar-refractivity contribution in [1.29, 1.82) is 0 Å². The van der Waals surface area contributed by atoms with E-state index in [1.165, 1.54) is 11.1 Å². The van der Waals surface area contributed by atoms with E-state index in [0.717, 1.165) is 16.8 Å². The normalized spacial score (nSPS) is 10.1. The Bertz CT molecular complexity index is 403. The molecule has 0 spiro atoms. The van der Waals surface area contributed by atoms with Crippen LogP contribution in [0, 0.1) is 6.92 Å². The number of pyridine rings is 1. The molecule has 1 N–H and O–H groups in total. The summed E-state index contributed by atoms with van der Waals surface area (Å²) in [5, 5.41) is 3.28. The van der Waals surface area contributed by atoms with Crippen molar-refractivity contribution in [2.45, 2.75) is 13.5 Å². The van der Waals surface area contributed by atoms with Gasteiger partial charge in [0.1, 0.15) is 5.82 Å². The van der Waals surface area contributed by atoms with E-state index < -0.39 is 0 Å². The van der Waals surface area contributed by atoms with Crippen LogP contribution in [0.3, 0.4) is 0 Å². The number of aromatic nitrogens is 1. The molecular weight excluding hydrogens is 264 g/mol. The van der Waals surface area contributed by atoms with Crippen LogP contribution >= 0.6 is 15.9 Å². The van der Waals surface area contributed by atoms with Crippen molar-refractivity contribution in [2.24, 2.45) is 0 Å². The first-order valence-electron chi connectivity index (χ1n) is 5.15. The Morgan fingerprint density at radius 2 is 1.88 bits per heavy atom. The average molecular weight is 277 g/mol. The maximum atomic E-state index is 4.29. The Balaban J connectivity index is 1.97. The Labute approximate surface area is 104 Å². The molecule has 3 heteroatoms. The lowest BCUT2D eigenvalue weighted by Crippen LogP contribution is -2.00. The topological polar surface area (TPSA) is 24.9 Å². The SMILES string of the molecule is Cc1ccc(NCc2ccc(Br)cc2)nc1. The van der Waals surface area contributed by atoms with Crippen LogP contribution in [0.2, 0.25) is 0 Å². The molecule has 0 saturated carbocycles. The molecule has 0 fully saturated rings. The highest BCUT2D eigenvalue weighted by atomic mass is 79.9. The standard InChI is InChI=1S/C13H13BrN2/c1-10-2-7-13(15-8-10)16-9-11-3-5-12(14)6-4-11/h2-8H,9H2,1H3,(H,15,16). The molecule has 0 saturated heterocycles. The van der Waals surface area contributed by atoms with E-state index in [2.05, 4.69) is 44.4 Å². The smallest absolute Gasteiger partial charge is 0.126 e. The van der Waals surface area contributed by atoms with Gasteiger partial charge in [-0.2, -0.15) is 0 Å². The lowest BCUT2D eigenvalue weighted by molar-refractivity contribution is 1.10. The summed E-state index contributed by atoms with van der Waals surface area (Å²) in [6.45, 7) is 2.83. The molecule has 1 aromatic heterocycles. The molecule has 0 bridgehead atoms. The molecule has 0 atom stereocenters. The van der Waals surface area contributed by atoms with Crippen LogP contribution < -0.4 is 5.32 Å². The fraction of sp³-hybridized carbons (Fsp3) is 0.154. The molecule has 1 heterocycles. The second-order valence-corrected chi connectivity index (χ2v) is 4.62. The van der Waals surface area contributed by atoms with E-state index >= 15 is 0 Å². The van der Waals surface area contributed by atoms with Crippen LogP contribution in [0.1, 0.15) is 11.1 Å². The van der Waals surface area contributed by atoms with Crippen molar-refractivity contribution < 1.29 is 0 Å². The summed E-state index contributed by atoms with van der Waals surface area (Å²) < 4.78 is 1.10. The van der Waals surface area contributed by atoms with Gasteiger partial charge in [-0.05, 0) is 36.2 Å². The zero-order valence-electron chi connectivity index (χ0n) is 9.07. The minimum Gasteiger partial charge on any atom is -0.366 e. The van der Waals surface area contributed by atoms with Gasteiger partial charge in [-0.1, -0.05) is 34.1 Å². The van der Waals surface area contributed by atoms with Crippen LogP contribution in [0.4, 0.5) is 5.82 Å². The molecule has 1 aromatic carbocycles. The minimum atomic E-state index is 0.795. The molecule has 0 radical (unpaired) electrons. The van der Waals surface area contributed by atoms with Gasteiger partial charge in [-0.3, -0.25) is 0 Å². The maximum absolute atomic E-state index is 4.29. The van der Waals surface area contributed by atoms with Gasteiger partial charge in [0.05, 0.1) is 0 Å². The first-order valence-corrected chi connectivity index (χ1v) is 5.94. The van der Waals surface area contributed by atoms with Crippen LogP contribution in [-0.2, 0) is 6.54 Å². The lowest BCUT2D eigenvalue weighted by atomic mass is 10.2. The first kappa shape index (κ1) is 11.1. The zero-order chi connectivity index (χ0) is 11.4. The number of hydrogen-bond donors (Lipinski definition) is 1. The van der Waals surface area contributed by atoms with Crippen LogP contribution in [0.15, 0.2) is 47.1 Å². The molecule has 2 aromatic rings.